The van der Waals surface area contributed by atoms with Crippen molar-refractivity contribution in [3.8, 4) is 5.75 Å². The zero-order valence-electron chi connectivity index (χ0n) is 19.7. The monoisotopic (exact) mass is 446 g/mol. The molecule has 0 aromatic heterocycles. The van der Waals surface area contributed by atoms with Crippen LogP contribution < -0.4 is 4.74 Å². The third-order valence-corrected chi connectivity index (χ3v) is 8.72. The number of carbonyl (C=O) groups excluding carboxylic acids is 1. The number of ether oxygens (including phenoxy) is 1. The van der Waals surface area contributed by atoms with Gasteiger partial charge < -0.3 is 4.74 Å². The Morgan fingerprint density at radius 3 is 2.19 bits per heavy atom. The third kappa shape index (κ3) is 5.91. The van der Waals surface area contributed by atoms with E-state index in [-0.39, 0.29) is 11.7 Å². The average Bonchev–Trinajstić information content (AvgIpc) is 2.83. The van der Waals surface area contributed by atoms with Crippen LogP contribution >= 0.6 is 0 Å². The molecule has 3 aliphatic carbocycles. The molecule has 0 amide bonds. The molecule has 1 aromatic rings. The highest BCUT2D eigenvalue weighted by molar-refractivity contribution is 5.75. The number of hydrogen-bond acceptors (Lipinski definition) is 2. The van der Waals surface area contributed by atoms with Gasteiger partial charge in [-0.2, -0.15) is 4.39 Å². The summed E-state index contributed by atoms with van der Waals surface area (Å²) in [5, 5.41) is 0. The van der Waals surface area contributed by atoms with Crippen molar-refractivity contribution in [2.75, 3.05) is 0 Å². The predicted octanol–water partition coefficient (Wildman–Crippen LogP) is 8.02. The summed E-state index contributed by atoms with van der Waals surface area (Å²) in [5.74, 6) is 0.241. The Morgan fingerprint density at radius 1 is 0.844 bits per heavy atom. The van der Waals surface area contributed by atoms with Crippen LogP contribution in [-0.2, 0) is 11.2 Å². The lowest BCUT2D eigenvalue weighted by Crippen LogP contribution is -2.29. The number of halogens is 2. The van der Waals surface area contributed by atoms with Gasteiger partial charge in [0.1, 0.15) is 0 Å². The van der Waals surface area contributed by atoms with Gasteiger partial charge in [0.25, 0.3) is 0 Å². The summed E-state index contributed by atoms with van der Waals surface area (Å²) in [4.78, 5) is 12.6. The average molecular weight is 447 g/mol. The van der Waals surface area contributed by atoms with E-state index >= 15 is 0 Å². The summed E-state index contributed by atoms with van der Waals surface area (Å²) in [6.45, 7) is 2.29. The molecule has 0 N–H and O–H groups in total. The molecule has 178 valence electrons. The Labute approximate surface area is 192 Å². The van der Waals surface area contributed by atoms with Crippen LogP contribution in [0.5, 0.6) is 5.75 Å². The molecule has 0 spiro atoms. The summed E-state index contributed by atoms with van der Waals surface area (Å²) < 4.78 is 34.7. The van der Waals surface area contributed by atoms with E-state index in [1.807, 2.05) is 0 Å². The molecule has 3 aliphatic rings. The molecule has 0 radical (unpaired) electrons. The maximum atomic E-state index is 14.7. The minimum absolute atomic E-state index is 0.189. The van der Waals surface area contributed by atoms with Gasteiger partial charge >= 0.3 is 5.97 Å². The molecule has 2 nitrogen and oxygen atoms in total. The van der Waals surface area contributed by atoms with Gasteiger partial charge in [-0.15, -0.1) is 0 Å². The predicted molar refractivity (Wildman–Crippen MR) is 123 cm³/mol. The van der Waals surface area contributed by atoms with E-state index < -0.39 is 17.6 Å². The first-order valence-electron chi connectivity index (χ1n) is 13.2. The van der Waals surface area contributed by atoms with Crippen LogP contribution in [0.2, 0.25) is 0 Å². The first-order valence-corrected chi connectivity index (χ1v) is 13.2. The fourth-order valence-corrected chi connectivity index (χ4v) is 6.44. The number of esters is 1. The molecule has 0 bridgehead atoms. The highest BCUT2D eigenvalue weighted by Gasteiger charge is 2.32. The van der Waals surface area contributed by atoms with Crippen molar-refractivity contribution in [2.24, 2.45) is 29.6 Å². The number of carbonyl (C=O) groups is 1. The van der Waals surface area contributed by atoms with E-state index in [9.17, 15) is 13.6 Å². The number of aryl methyl sites for hydroxylation is 1. The summed E-state index contributed by atoms with van der Waals surface area (Å²) in [5.41, 5.74) is 0.397. The first-order chi connectivity index (χ1) is 15.5. The maximum absolute atomic E-state index is 14.7. The molecule has 3 saturated carbocycles. The second-order valence-electron chi connectivity index (χ2n) is 10.9. The van der Waals surface area contributed by atoms with Crippen molar-refractivity contribution in [2.45, 2.75) is 103 Å². The quantitative estimate of drug-likeness (QED) is 0.327. The fourth-order valence-electron chi connectivity index (χ4n) is 6.44. The fraction of sp³-hybridized carbons (Fsp3) is 0.750. The largest absolute Gasteiger partial charge is 0.423 e. The van der Waals surface area contributed by atoms with Gasteiger partial charge in [0.05, 0.1) is 5.92 Å². The van der Waals surface area contributed by atoms with E-state index in [1.165, 1.54) is 63.9 Å². The molecule has 1 aromatic carbocycles. The normalized spacial score (nSPS) is 29.6. The second-order valence-corrected chi connectivity index (χ2v) is 10.9. The topological polar surface area (TPSA) is 26.3 Å². The van der Waals surface area contributed by atoms with Crippen LogP contribution in [0.25, 0.3) is 0 Å². The van der Waals surface area contributed by atoms with Crippen molar-refractivity contribution in [1.29, 1.82) is 0 Å². The molecule has 0 unspecified atom stereocenters. The molecule has 3 fully saturated rings. The molecule has 4 heteroatoms. The van der Waals surface area contributed by atoms with Crippen LogP contribution in [0, 0.1) is 41.2 Å². The van der Waals surface area contributed by atoms with Crippen molar-refractivity contribution in [3.05, 3.63) is 29.3 Å². The Hall–Kier alpha value is -1.45. The molecule has 0 saturated heterocycles. The lowest BCUT2D eigenvalue weighted by molar-refractivity contribution is -0.140. The highest BCUT2D eigenvalue weighted by Crippen LogP contribution is 2.40. The molecular weight excluding hydrogens is 406 g/mol. The van der Waals surface area contributed by atoms with Gasteiger partial charge in [0.15, 0.2) is 11.6 Å². The minimum Gasteiger partial charge on any atom is -0.423 e. The first kappa shape index (κ1) is 23.7. The van der Waals surface area contributed by atoms with Gasteiger partial charge in [-0.05, 0) is 73.8 Å². The van der Waals surface area contributed by atoms with Crippen molar-refractivity contribution in [1.82, 2.24) is 0 Å². The Morgan fingerprint density at radius 2 is 1.50 bits per heavy atom. The van der Waals surface area contributed by atoms with Crippen LogP contribution in [-0.4, -0.2) is 5.97 Å². The van der Waals surface area contributed by atoms with Crippen molar-refractivity contribution >= 4 is 5.97 Å². The molecule has 0 heterocycles. The Kier molecular flexibility index (Phi) is 8.23. The summed E-state index contributed by atoms with van der Waals surface area (Å²) in [6.07, 6.45) is 16.7. The van der Waals surface area contributed by atoms with E-state index in [0.29, 0.717) is 17.9 Å². The van der Waals surface area contributed by atoms with E-state index in [4.69, 9.17) is 4.74 Å². The molecule has 0 atom stereocenters. The molecular formula is C28H40F2O2. The SMILES string of the molecule is CC1CCC(CCc2ccc(OC(=O)C3CCC(C4CCCCC4)CC3)c(F)c2F)CC1. The third-order valence-electron chi connectivity index (χ3n) is 8.72. The van der Waals surface area contributed by atoms with Crippen LogP contribution in [0.1, 0.15) is 102 Å². The van der Waals surface area contributed by atoms with Gasteiger partial charge in [-0.3, -0.25) is 4.79 Å². The van der Waals surface area contributed by atoms with Crippen LogP contribution in [0.3, 0.4) is 0 Å². The molecule has 32 heavy (non-hydrogen) atoms. The number of rotatable bonds is 6. The highest BCUT2D eigenvalue weighted by atomic mass is 19.2. The van der Waals surface area contributed by atoms with E-state index in [2.05, 4.69) is 6.92 Å². The molecule has 0 aliphatic heterocycles. The smallest absolute Gasteiger partial charge is 0.314 e. The van der Waals surface area contributed by atoms with Crippen LogP contribution in [0.15, 0.2) is 12.1 Å². The van der Waals surface area contributed by atoms with Crippen molar-refractivity contribution in [3.63, 3.8) is 0 Å². The Bertz CT molecular complexity index is 755. The standard InChI is InChI=1S/C28H40F2O2/c1-19-7-9-20(10-8-19)11-12-23-17-18-25(27(30)26(23)29)32-28(31)24-15-13-22(14-16-24)21-5-3-2-4-6-21/h17-22,24H,2-16H2,1H3. The van der Waals surface area contributed by atoms with Gasteiger partial charge in [-0.1, -0.05) is 70.8 Å². The van der Waals surface area contributed by atoms with Crippen LogP contribution in [0.4, 0.5) is 8.78 Å². The summed E-state index contributed by atoms with van der Waals surface area (Å²) in [6, 6.07) is 3.05. The summed E-state index contributed by atoms with van der Waals surface area (Å²) in [7, 11) is 0. The zero-order chi connectivity index (χ0) is 22.5. The van der Waals surface area contributed by atoms with E-state index in [0.717, 1.165) is 49.9 Å². The summed E-state index contributed by atoms with van der Waals surface area (Å²) >= 11 is 0. The lowest BCUT2D eigenvalue weighted by Gasteiger charge is -2.35. The lowest BCUT2D eigenvalue weighted by atomic mass is 9.71. The zero-order valence-corrected chi connectivity index (χ0v) is 19.7. The second kappa shape index (κ2) is 11.1. The van der Waals surface area contributed by atoms with Gasteiger partial charge in [0, 0.05) is 0 Å². The number of hydrogen-bond donors (Lipinski definition) is 0. The van der Waals surface area contributed by atoms with Gasteiger partial charge in [0.2, 0.25) is 5.82 Å². The Balaban J connectivity index is 1.27. The van der Waals surface area contributed by atoms with Gasteiger partial charge in [-0.25, -0.2) is 4.39 Å². The minimum atomic E-state index is -1.01. The number of benzene rings is 1. The van der Waals surface area contributed by atoms with E-state index in [1.54, 1.807) is 6.07 Å². The molecule has 4 rings (SSSR count). The van der Waals surface area contributed by atoms with Crippen molar-refractivity contribution < 1.29 is 18.3 Å². The maximum Gasteiger partial charge on any atom is 0.314 e.